The summed E-state index contributed by atoms with van der Waals surface area (Å²) in [5.41, 5.74) is 2.10. The van der Waals surface area contributed by atoms with Crippen LogP contribution in [0.15, 0.2) is 46.5 Å². The molecule has 4 atom stereocenters. The number of carbonyl (C=O) groups is 2. The first-order valence-corrected chi connectivity index (χ1v) is 11.7. The number of alkyl halides is 1. The first-order valence-electron chi connectivity index (χ1n) is 9.02. The van der Waals surface area contributed by atoms with Gasteiger partial charge in [0.05, 0.1) is 0 Å². The van der Waals surface area contributed by atoms with E-state index in [4.69, 9.17) is 5.11 Å². The molecule has 2 amide bonds. The van der Waals surface area contributed by atoms with Crippen LogP contribution in [0, 0.1) is 11.8 Å². The van der Waals surface area contributed by atoms with Crippen LogP contribution >= 0.6 is 22.6 Å². The number of halogens is 1. The summed E-state index contributed by atoms with van der Waals surface area (Å²) in [6.07, 6.45) is 10.1. The lowest BCUT2D eigenvalue weighted by Crippen LogP contribution is -2.51. The number of urea groups is 1. The van der Waals surface area contributed by atoms with Gasteiger partial charge in [-0.25, -0.2) is 14.3 Å². The number of carboxylic acid groups (broad SMARTS) is 1. The lowest BCUT2D eigenvalue weighted by molar-refractivity contribution is 0.0685. The molecule has 0 radical (unpaired) electrons. The lowest BCUT2D eigenvalue weighted by Gasteiger charge is -2.35. The van der Waals surface area contributed by atoms with Gasteiger partial charge in [0.25, 0.3) is 10.0 Å². The summed E-state index contributed by atoms with van der Waals surface area (Å²) in [4.78, 5) is 23.7. The first-order chi connectivity index (χ1) is 13.7. The zero-order chi connectivity index (χ0) is 20.9. The summed E-state index contributed by atoms with van der Waals surface area (Å²) in [5, 5.41) is 15.1. The standard InChI is InChI=1S/C18H19IN4O5S/c1-23-14(17(24)25)8-15(21-23)29(27,28)22-18(26)20-16-10-4-2-3-9(10)7-12-11(16)5-6-13(12)19/h2-4,7-8,10-11,13,16H,5-6H2,1H3,(H,24,25)(H2,20,22,26). The maximum atomic E-state index is 12.6. The number of nitrogens with zero attached hydrogens (tertiary/aromatic N) is 2. The molecule has 1 saturated carbocycles. The Labute approximate surface area is 181 Å². The van der Waals surface area contributed by atoms with E-state index in [1.165, 1.54) is 12.6 Å². The highest BCUT2D eigenvalue weighted by Gasteiger charge is 2.43. The van der Waals surface area contributed by atoms with Crippen molar-refractivity contribution >= 4 is 44.6 Å². The lowest BCUT2D eigenvalue weighted by atomic mass is 9.76. The fraction of sp³-hybridized carbons (Fsp3) is 0.389. The van der Waals surface area contributed by atoms with Gasteiger partial charge in [0.1, 0.15) is 5.69 Å². The number of carbonyl (C=O) groups excluding carboxylic acids is 1. The van der Waals surface area contributed by atoms with Crippen molar-refractivity contribution in [3.63, 3.8) is 0 Å². The minimum absolute atomic E-state index is 0.00682. The van der Waals surface area contributed by atoms with E-state index in [9.17, 15) is 18.0 Å². The summed E-state index contributed by atoms with van der Waals surface area (Å²) < 4.78 is 28.3. The Morgan fingerprint density at radius 1 is 1.34 bits per heavy atom. The van der Waals surface area contributed by atoms with Crippen LogP contribution in [0.25, 0.3) is 0 Å². The van der Waals surface area contributed by atoms with Crippen molar-refractivity contribution in [1.29, 1.82) is 0 Å². The zero-order valence-electron chi connectivity index (χ0n) is 15.4. The number of aryl methyl sites for hydroxylation is 1. The number of nitrogens with one attached hydrogen (secondary N) is 2. The van der Waals surface area contributed by atoms with Crippen LogP contribution in [-0.2, 0) is 17.1 Å². The van der Waals surface area contributed by atoms with Gasteiger partial charge in [0.2, 0.25) is 0 Å². The second-order valence-corrected chi connectivity index (χ2v) is 10.4. The van der Waals surface area contributed by atoms with E-state index in [1.807, 2.05) is 23.0 Å². The van der Waals surface area contributed by atoms with Crippen molar-refractivity contribution in [1.82, 2.24) is 19.8 Å². The highest BCUT2D eigenvalue weighted by atomic mass is 127. The Morgan fingerprint density at radius 3 is 2.79 bits per heavy atom. The summed E-state index contributed by atoms with van der Waals surface area (Å²) in [5.74, 6) is -1.15. The molecule has 0 aromatic carbocycles. The Bertz CT molecular complexity index is 1090. The molecule has 0 spiro atoms. The van der Waals surface area contributed by atoms with Gasteiger partial charge in [-0.1, -0.05) is 52.5 Å². The van der Waals surface area contributed by atoms with E-state index in [1.54, 1.807) is 0 Å². The summed E-state index contributed by atoms with van der Waals surface area (Å²) in [7, 11) is -2.99. The predicted molar refractivity (Wildman–Crippen MR) is 112 cm³/mol. The number of aromatic nitrogens is 2. The summed E-state index contributed by atoms with van der Waals surface area (Å²) in [6.45, 7) is 0. The second-order valence-electron chi connectivity index (χ2n) is 7.27. The first kappa shape index (κ1) is 20.1. The van der Waals surface area contributed by atoms with Gasteiger partial charge in [-0.05, 0) is 18.4 Å². The minimum atomic E-state index is -4.31. The van der Waals surface area contributed by atoms with E-state index in [2.05, 4.69) is 39.1 Å². The van der Waals surface area contributed by atoms with Crippen LogP contribution in [0.1, 0.15) is 23.3 Å². The molecule has 1 fully saturated rings. The van der Waals surface area contributed by atoms with Crippen LogP contribution in [0.4, 0.5) is 4.79 Å². The van der Waals surface area contributed by atoms with Gasteiger partial charge >= 0.3 is 12.0 Å². The third-order valence-corrected chi connectivity index (χ3v) is 8.09. The molecule has 3 aliphatic rings. The van der Waals surface area contributed by atoms with Crippen molar-refractivity contribution in [2.75, 3.05) is 0 Å². The number of fused-ring (bicyclic) bond motifs is 2. The van der Waals surface area contributed by atoms with Crippen molar-refractivity contribution in [3.8, 4) is 0 Å². The average molecular weight is 530 g/mol. The minimum Gasteiger partial charge on any atom is -0.477 e. The molecule has 3 N–H and O–H groups in total. The number of rotatable bonds is 4. The van der Waals surface area contributed by atoms with Gasteiger partial charge in [-0.3, -0.25) is 4.68 Å². The average Bonchev–Trinajstić information content (AvgIpc) is 3.33. The van der Waals surface area contributed by atoms with Gasteiger partial charge in [-0.2, -0.15) is 13.5 Å². The molecule has 9 nitrogen and oxygen atoms in total. The van der Waals surface area contributed by atoms with E-state index < -0.39 is 27.0 Å². The van der Waals surface area contributed by atoms with Crippen molar-refractivity contribution in [2.45, 2.75) is 27.8 Å². The van der Waals surface area contributed by atoms with E-state index in [0.717, 1.165) is 29.2 Å². The molecule has 11 heteroatoms. The Balaban J connectivity index is 1.53. The van der Waals surface area contributed by atoms with Crippen LogP contribution in [0.2, 0.25) is 0 Å². The third-order valence-electron chi connectivity index (χ3n) is 5.54. The molecular formula is C18H19IN4O5S. The van der Waals surface area contributed by atoms with Crippen LogP contribution in [-0.4, -0.2) is 45.3 Å². The van der Waals surface area contributed by atoms with Crippen molar-refractivity contribution < 1.29 is 23.1 Å². The number of amides is 2. The fourth-order valence-corrected chi connectivity index (χ4v) is 6.12. The quantitative estimate of drug-likeness (QED) is 0.402. The highest BCUT2D eigenvalue weighted by molar-refractivity contribution is 14.1. The number of carboxylic acids is 1. The second kappa shape index (κ2) is 7.27. The maximum Gasteiger partial charge on any atom is 0.354 e. The molecular weight excluding hydrogens is 511 g/mol. The topological polar surface area (TPSA) is 130 Å². The normalized spacial score (nSPS) is 27.7. The molecule has 0 saturated heterocycles. The smallest absolute Gasteiger partial charge is 0.354 e. The molecule has 1 aromatic heterocycles. The molecule has 4 unspecified atom stereocenters. The molecule has 1 aromatic rings. The molecule has 0 aliphatic heterocycles. The molecule has 0 bridgehead atoms. The molecule has 29 heavy (non-hydrogen) atoms. The number of hydrogen-bond acceptors (Lipinski definition) is 5. The SMILES string of the molecule is Cn1nc(S(=O)(=O)NC(=O)NC2C3C=CC=C3C=C3C(I)CCC32)cc1C(=O)O. The highest BCUT2D eigenvalue weighted by Crippen LogP contribution is 2.47. The molecule has 1 heterocycles. The van der Waals surface area contributed by atoms with E-state index >= 15 is 0 Å². The predicted octanol–water partition coefficient (Wildman–Crippen LogP) is 1.74. The maximum absolute atomic E-state index is 12.6. The zero-order valence-corrected chi connectivity index (χ0v) is 18.3. The summed E-state index contributed by atoms with van der Waals surface area (Å²) >= 11 is 2.41. The fourth-order valence-electron chi connectivity index (χ4n) is 4.22. The van der Waals surface area contributed by atoms with E-state index in [0.29, 0.717) is 3.92 Å². The largest absolute Gasteiger partial charge is 0.477 e. The molecule has 154 valence electrons. The number of hydrogen-bond donors (Lipinski definition) is 3. The van der Waals surface area contributed by atoms with Gasteiger partial charge < -0.3 is 10.4 Å². The molecule has 4 rings (SSSR count). The Hall–Kier alpha value is -2.15. The van der Waals surface area contributed by atoms with Crippen molar-refractivity contribution in [3.05, 3.63) is 47.2 Å². The van der Waals surface area contributed by atoms with Crippen LogP contribution in [0.5, 0.6) is 0 Å². The Kier molecular flexibility index (Phi) is 5.05. The Morgan fingerprint density at radius 2 is 2.10 bits per heavy atom. The number of sulfonamides is 1. The monoisotopic (exact) mass is 530 g/mol. The third kappa shape index (κ3) is 3.61. The summed E-state index contributed by atoms with van der Waals surface area (Å²) in [6, 6.07) is -0.180. The van der Waals surface area contributed by atoms with Crippen molar-refractivity contribution in [2.24, 2.45) is 18.9 Å². The number of aromatic carboxylic acids is 1. The van der Waals surface area contributed by atoms with Gasteiger partial charge in [0, 0.05) is 34.9 Å². The van der Waals surface area contributed by atoms with E-state index in [-0.39, 0.29) is 23.6 Å². The number of allylic oxidation sites excluding steroid dienone is 3. The molecule has 3 aliphatic carbocycles. The van der Waals surface area contributed by atoms with Gasteiger partial charge in [-0.15, -0.1) is 0 Å². The van der Waals surface area contributed by atoms with Crippen LogP contribution in [0.3, 0.4) is 0 Å². The van der Waals surface area contributed by atoms with Crippen LogP contribution < -0.4 is 10.0 Å². The van der Waals surface area contributed by atoms with Gasteiger partial charge in [0.15, 0.2) is 5.03 Å².